The van der Waals surface area contributed by atoms with Crippen LogP contribution in [0.25, 0.3) is 20.7 Å². The van der Waals surface area contributed by atoms with E-state index in [1.54, 1.807) is 24.6 Å². The number of benzene rings is 2. The van der Waals surface area contributed by atoms with Gasteiger partial charge in [-0.2, -0.15) is 0 Å². The van der Waals surface area contributed by atoms with E-state index in [1.165, 1.54) is 21.6 Å². The highest BCUT2D eigenvalue weighted by atomic mass is 32.1. The Morgan fingerprint density at radius 1 is 1.04 bits per heavy atom. The molecule has 1 aliphatic rings. The molecule has 5 nitrogen and oxygen atoms in total. The molecule has 4 aromatic rings. The summed E-state index contributed by atoms with van der Waals surface area (Å²) in [6, 6.07) is 18.7. The number of carbonyl (C=O) groups excluding carboxylic acids is 1. The van der Waals surface area contributed by atoms with E-state index in [0.29, 0.717) is 13.1 Å². The summed E-state index contributed by atoms with van der Waals surface area (Å²) in [5.74, 6) is 0.903. The highest BCUT2D eigenvalue weighted by molar-refractivity contribution is 7.21. The zero-order valence-corrected chi connectivity index (χ0v) is 16.2. The molecule has 1 amide bonds. The van der Waals surface area contributed by atoms with Gasteiger partial charge in [0.15, 0.2) is 0 Å². The third kappa shape index (κ3) is 3.01. The Bertz CT molecular complexity index is 1190. The molecule has 5 rings (SSSR count). The van der Waals surface area contributed by atoms with Crippen LogP contribution < -0.4 is 5.32 Å². The highest BCUT2D eigenvalue weighted by Gasteiger charge is 2.21. The van der Waals surface area contributed by atoms with Gasteiger partial charge < -0.3 is 10.2 Å². The van der Waals surface area contributed by atoms with Crippen molar-refractivity contribution < 1.29 is 4.79 Å². The van der Waals surface area contributed by atoms with Gasteiger partial charge in [-0.1, -0.05) is 36.4 Å². The van der Waals surface area contributed by atoms with Gasteiger partial charge in [0.05, 0.1) is 5.39 Å². The molecular weight excluding hydrogens is 368 g/mol. The molecule has 2 aromatic heterocycles. The van der Waals surface area contributed by atoms with Crippen molar-refractivity contribution >= 4 is 39.0 Å². The summed E-state index contributed by atoms with van der Waals surface area (Å²) < 4.78 is 0. The molecule has 6 heteroatoms. The lowest BCUT2D eigenvalue weighted by Crippen LogP contribution is -2.21. The van der Waals surface area contributed by atoms with Crippen LogP contribution in [0.3, 0.4) is 0 Å². The van der Waals surface area contributed by atoms with Crippen molar-refractivity contribution in [2.24, 2.45) is 0 Å². The number of fused-ring (bicyclic) bond motifs is 2. The summed E-state index contributed by atoms with van der Waals surface area (Å²) in [6.07, 6.45) is 1.60. The van der Waals surface area contributed by atoms with Crippen molar-refractivity contribution in [1.29, 1.82) is 0 Å². The summed E-state index contributed by atoms with van der Waals surface area (Å²) in [5, 5.41) is 4.45. The first-order chi connectivity index (χ1) is 13.7. The number of nitrogens with one attached hydrogen (secondary N) is 1. The fourth-order valence-electron chi connectivity index (χ4n) is 3.53. The molecule has 138 valence electrons. The first-order valence-electron chi connectivity index (χ1n) is 9.12. The summed E-state index contributed by atoms with van der Waals surface area (Å²) in [5.41, 5.74) is 4.53. The summed E-state index contributed by atoms with van der Waals surface area (Å²) >= 11 is 1.66. The fourth-order valence-corrected chi connectivity index (χ4v) is 4.54. The van der Waals surface area contributed by atoms with Crippen LogP contribution in [0, 0.1) is 0 Å². The minimum Gasteiger partial charge on any atom is -0.340 e. The maximum absolute atomic E-state index is 11.7. The molecule has 0 bridgehead atoms. The van der Waals surface area contributed by atoms with Gasteiger partial charge in [-0.05, 0) is 34.9 Å². The van der Waals surface area contributed by atoms with Crippen molar-refractivity contribution in [2.45, 2.75) is 20.0 Å². The van der Waals surface area contributed by atoms with Crippen LogP contribution in [0.2, 0.25) is 0 Å². The molecule has 0 saturated heterocycles. The largest absolute Gasteiger partial charge is 0.340 e. The summed E-state index contributed by atoms with van der Waals surface area (Å²) in [6.45, 7) is 2.97. The van der Waals surface area contributed by atoms with E-state index in [0.717, 1.165) is 21.7 Å². The third-order valence-corrected chi connectivity index (χ3v) is 6.12. The number of anilines is 2. The topological polar surface area (TPSA) is 58.1 Å². The minimum absolute atomic E-state index is 0.106. The van der Waals surface area contributed by atoms with E-state index in [2.05, 4.69) is 45.6 Å². The van der Waals surface area contributed by atoms with E-state index in [1.807, 2.05) is 29.2 Å². The van der Waals surface area contributed by atoms with Gasteiger partial charge in [-0.3, -0.25) is 4.79 Å². The normalized spacial score (nSPS) is 13.0. The molecule has 0 aliphatic carbocycles. The van der Waals surface area contributed by atoms with Crippen molar-refractivity contribution in [1.82, 2.24) is 14.9 Å². The lowest BCUT2D eigenvalue weighted by atomic mass is 10.1. The van der Waals surface area contributed by atoms with Crippen LogP contribution in [0.1, 0.15) is 18.1 Å². The Hall–Kier alpha value is -3.25. The second-order valence-electron chi connectivity index (χ2n) is 6.90. The van der Waals surface area contributed by atoms with Gasteiger partial charge in [-0.25, -0.2) is 9.97 Å². The molecular formula is C22H18N4OS. The van der Waals surface area contributed by atoms with Crippen molar-refractivity contribution in [3.63, 3.8) is 0 Å². The summed E-state index contributed by atoms with van der Waals surface area (Å²) in [4.78, 5) is 24.5. The molecule has 0 saturated carbocycles. The van der Waals surface area contributed by atoms with Crippen LogP contribution in [0.15, 0.2) is 60.9 Å². The number of aromatic nitrogens is 2. The third-order valence-electron chi connectivity index (χ3n) is 5.02. The Morgan fingerprint density at radius 3 is 2.68 bits per heavy atom. The number of hydrogen-bond acceptors (Lipinski definition) is 5. The van der Waals surface area contributed by atoms with Crippen LogP contribution >= 0.6 is 11.3 Å². The molecule has 0 fully saturated rings. The minimum atomic E-state index is 0.106. The standard InChI is InChI=1S/C22H18N4OS/c1-14(27)26-11-16-7-8-18(9-17(16)12-26)25-21-19-10-20(15-5-3-2-4-6-15)28-22(19)24-13-23-21/h2-10,13H,11-12H2,1H3,(H,23,24,25). The molecule has 2 aromatic carbocycles. The second kappa shape index (κ2) is 6.73. The highest BCUT2D eigenvalue weighted by Crippen LogP contribution is 2.36. The van der Waals surface area contributed by atoms with Crippen LogP contribution in [-0.2, 0) is 17.9 Å². The predicted molar refractivity (Wildman–Crippen MR) is 113 cm³/mol. The molecule has 1 N–H and O–H groups in total. The Morgan fingerprint density at radius 2 is 1.86 bits per heavy atom. The SMILES string of the molecule is CC(=O)N1Cc2ccc(Nc3ncnc4sc(-c5ccccc5)cc34)cc2C1. The Labute approximate surface area is 166 Å². The number of rotatable bonds is 3. The van der Waals surface area contributed by atoms with E-state index >= 15 is 0 Å². The van der Waals surface area contributed by atoms with Crippen molar-refractivity contribution in [3.8, 4) is 10.4 Å². The number of nitrogens with zero attached hydrogens (tertiary/aromatic N) is 3. The number of hydrogen-bond donors (Lipinski definition) is 1. The average molecular weight is 386 g/mol. The Kier molecular flexibility index (Phi) is 4.06. The maximum Gasteiger partial charge on any atom is 0.220 e. The lowest BCUT2D eigenvalue weighted by molar-refractivity contribution is -0.129. The van der Waals surface area contributed by atoms with Crippen molar-refractivity contribution in [3.05, 3.63) is 72.1 Å². The quantitative estimate of drug-likeness (QED) is 0.540. The lowest BCUT2D eigenvalue weighted by Gasteiger charge is -2.11. The second-order valence-corrected chi connectivity index (χ2v) is 7.93. The fraction of sp³-hybridized carbons (Fsp3) is 0.136. The Balaban J connectivity index is 1.47. The molecule has 28 heavy (non-hydrogen) atoms. The number of thiophene rings is 1. The van der Waals surface area contributed by atoms with E-state index in [4.69, 9.17) is 0 Å². The average Bonchev–Trinajstić information content (AvgIpc) is 3.33. The molecule has 0 atom stereocenters. The van der Waals surface area contributed by atoms with E-state index in [9.17, 15) is 4.79 Å². The van der Waals surface area contributed by atoms with E-state index < -0.39 is 0 Å². The number of carbonyl (C=O) groups is 1. The van der Waals surface area contributed by atoms with Gasteiger partial charge in [0, 0.05) is 30.6 Å². The van der Waals surface area contributed by atoms with Gasteiger partial charge >= 0.3 is 0 Å². The zero-order valence-electron chi connectivity index (χ0n) is 15.3. The first-order valence-corrected chi connectivity index (χ1v) is 9.93. The van der Waals surface area contributed by atoms with Gasteiger partial charge in [0.1, 0.15) is 17.0 Å². The van der Waals surface area contributed by atoms with Gasteiger partial charge in [0.2, 0.25) is 5.91 Å². The molecule has 3 heterocycles. The van der Waals surface area contributed by atoms with E-state index in [-0.39, 0.29) is 5.91 Å². The molecule has 0 spiro atoms. The van der Waals surface area contributed by atoms with Crippen LogP contribution in [-0.4, -0.2) is 20.8 Å². The molecule has 0 unspecified atom stereocenters. The van der Waals surface area contributed by atoms with Gasteiger partial charge in [-0.15, -0.1) is 11.3 Å². The molecule has 0 radical (unpaired) electrons. The smallest absolute Gasteiger partial charge is 0.220 e. The van der Waals surface area contributed by atoms with Crippen molar-refractivity contribution in [2.75, 3.05) is 5.32 Å². The first kappa shape index (κ1) is 16.9. The predicted octanol–water partition coefficient (Wildman–Crippen LogP) is 4.96. The zero-order chi connectivity index (χ0) is 19.1. The number of amides is 1. The monoisotopic (exact) mass is 386 g/mol. The van der Waals surface area contributed by atoms with Crippen LogP contribution in [0.4, 0.5) is 11.5 Å². The maximum atomic E-state index is 11.7. The summed E-state index contributed by atoms with van der Waals surface area (Å²) in [7, 11) is 0. The van der Waals surface area contributed by atoms with Gasteiger partial charge in [0.25, 0.3) is 0 Å². The van der Waals surface area contributed by atoms with Crippen LogP contribution in [0.5, 0.6) is 0 Å². The molecule has 1 aliphatic heterocycles.